The third-order valence-corrected chi connectivity index (χ3v) is 4.28. The van der Waals surface area contributed by atoms with Crippen molar-refractivity contribution >= 4 is 39.1 Å². The van der Waals surface area contributed by atoms with Crippen molar-refractivity contribution in [1.82, 2.24) is 0 Å². The van der Waals surface area contributed by atoms with Crippen LogP contribution in [-0.4, -0.2) is 11.7 Å². The van der Waals surface area contributed by atoms with Gasteiger partial charge in [0.2, 0.25) is 0 Å². The molecular formula is C16H15BrCl2O. The molecule has 1 unspecified atom stereocenters. The summed E-state index contributed by atoms with van der Waals surface area (Å²) < 4.78 is 1.05. The summed E-state index contributed by atoms with van der Waals surface area (Å²) in [7, 11) is 0. The predicted molar refractivity (Wildman–Crippen MR) is 88.6 cm³/mol. The Morgan fingerprint density at radius 2 is 1.85 bits per heavy atom. The van der Waals surface area contributed by atoms with Crippen molar-refractivity contribution in [1.29, 1.82) is 0 Å². The van der Waals surface area contributed by atoms with Crippen LogP contribution in [0.25, 0.3) is 0 Å². The predicted octanol–water partition coefficient (Wildman–Crippen LogP) is 5.15. The standard InChI is InChI=1S/C16H15BrCl2O/c17-14-3-1-2-11(8-14)6-12(10-20)7-13-4-5-15(18)9-16(13)19/h1-5,8-9,12,20H,6-7,10H2. The van der Waals surface area contributed by atoms with E-state index >= 15 is 0 Å². The van der Waals surface area contributed by atoms with Gasteiger partial charge in [0.25, 0.3) is 0 Å². The minimum Gasteiger partial charge on any atom is -0.396 e. The van der Waals surface area contributed by atoms with Crippen LogP contribution in [-0.2, 0) is 12.8 Å². The van der Waals surface area contributed by atoms with E-state index in [0.717, 1.165) is 22.9 Å². The first-order valence-corrected chi connectivity index (χ1v) is 7.92. The third-order valence-electron chi connectivity index (χ3n) is 3.20. The molecule has 106 valence electrons. The smallest absolute Gasteiger partial charge is 0.0465 e. The minimum atomic E-state index is 0.130. The first-order chi connectivity index (χ1) is 9.58. The highest BCUT2D eigenvalue weighted by Gasteiger charge is 2.12. The van der Waals surface area contributed by atoms with Gasteiger partial charge in [-0.1, -0.05) is 57.3 Å². The highest BCUT2D eigenvalue weighted by atomic mass is 79.9. The van der Waals surface area contributed by atoms with Crippen molar-refractivity contribution in [3.63, 3.8) is 0 Å². The van der Waals surface area contributed by atoms with Crippen molar-refractivity contribution in [2.24, 2.45) is 5.92 Å². The molecule has 0 saturated carbocycles. The summed E-state index contributed by atoms with van der Waals surface area (Å²) in [4.78, 5) is 0. The average molecular weight is 374 g/mol. The Labute approximate surface area is 137 Å². The first-order valence-electron chi connectivity index (χ1n) is 6.37. The molecule has 2 rings (SSSR count). The molecule has 20 heavy (non-hydrogen) atoms. The van der Waals surface area contributed by atoms with Crippen LogP contribution >= 0.6 is 39.1 Å². The molecule has 0 aliphatic carbocycles. The van der Waals surface area contributed by atoms with Crippen LogP contribution in [0.4, 0.5) is 0 Å². The summed E-state index contributed by atoms with van der Waals surface area (Å²) in [6.07, 6.45) is 1.55. The molecule has 1 atom stereocenters. The summed E-state index contributed by atoms with van der Waals surface area (Å²) in [6.45, 7) is 0.130. The lowest BCUT2D eigenvalue weighted by molar-refractivity contribution is 0.225. The van der Waals surface area contributed by atoms with Crippen LogP contribution in [0, 0.1) is 5.92 Å². The number of halogens is 3. The second-order valence-electron chi connectivity index (χ2n) is 4.82. The molecule has 4 heteroatoms. The molecule has 0 fully saturated rings. The first kappa shape index (κ1) is 15.8. The molecule has 0 aromatic heterocycles. The van der Waals surface area contributed by atoms with E-state index in [9.17, 15) is 5.11 Å². The highest BCUT2D eigenvalue weighted by molar-refractivity contribution is 9.10. The van der Waals surface area contributed by atoms with E-state index in [-0.39, 0.29) is 12.5 Å². The lowest BCUT2D eigenvalue weighted by atomic mass is 9.93. The zero-order valence-corrected chi connectivity index (χ0v) is 13.9. The van der Waals surface area contributed by atoms with Gasteiger partial charge in [0.05, 0.1) is 0 Å². The molecule has 2 aromatic rings. The lowest BCUT2D eigenvalue weighted by Gasteiger charge is -2.15. The Morgan fingerprint density at radius 3 is 2.50 bits per heavy atom. The van der Waals surface area contributed by atoms with Crippen molar-refractivity contribution in [3.05, 3.63) is 68.1 Å². The van der Waals surface area contributed by atoms with Gasteiger partial charge in [-0.15, -0.1) is 0 Å². The zero-order chi connectivity index (χ0) is 14.5. The van der Waals surface area contributed by atoms with Crippen LogP contribution < -0.4 is 0 Å². The molecule has 0 radical (unpaired) electrons. The molecule has 0 amide bonds. The van der Waals surface area contributed by atoms with Gasteiger partial charge in [0, 0.05) is 21.1 Å². The summed E-state index contributed by atoms with van der Waals surface area (Å²) in [5.41, 5.74) is 2.22. The topological polar surface area (TPSA) is 20.2 Å². The van der Waals surface area contributed by atoms with Crippen LogP contribution in [0.15, 0.2) is 46.9 Å². The fourth-order valence-electron chi connectivity index (χ4n) is 2.20. The number of aliphatic hydroxyl groups is 1. The lowest BCUT2D eigenvalue weighted by Crippen LogP contribution is -2.13. The van der Waals surface area contributed by atoms with Gasteiger partial charge in [-0.25, -0.2) is 0 Å². The molecule has 0 aliphatic heterocycles. The minimum absolute atomic E-state index is 0.130. The van der Waals surface area contributed by atoms with Crippen molar-refractivity contribution < 1.29 is 5.11 Å². The maximum absolute atomic E-state index is 9.58. The van der Waals surface area contributed by atoms with Crippen molar-refractivity contribution in [2.75, 3.05) is 6.61 Å². The van der Waals surface area contributed by atoms with Crippen LogP contribution in [0.5, 0.6) is 0 Å². The van der Waals surface area contributed by atoms with Crippen LogP contribution in [0.3, 0.4) is 0 Å². The van der Waals surface area contributed by atoms with E-state index < -0.39 is 0 Å². The van der Waals surface area contributed by atoms with Crippen LogP contribution in [0.2, 0.25) is 10.0 Å². The maximum Gasteiger partial charge on any atom is 0.0465 e. The quantitative estimate of drug-likeness (QED) is 0.768. The summed E-state index contributed by atoms with van der Waals surface area (Å²) in [5, 5.41) is 10.9. The Hall–Kier alpha value is -0.540. The fraction of sp³-hybridized carbons (Fsp3) is 0.250. The van der Waals surface area contributed by atoms with Gasteiger partial charge >= 0.3 is 0 Å². The largest absolute Gasteiger partial charge is 0.396 e. The van der Waals surface area contributed by atoms with E-state index in [4.69, 9.17) is 23.2 Å². The molecule has 1 N–H and O–H groups in total. The second kappa shape index (κ2) is 7.46. The fourth-order valence-corrected chi connectivity index (χ4v) is 3.13. The Morgan fingerprint density at radius 1 is 1.05 bits per heavy atom. The van der Waals surface area contributed by atoms with Gasteiger partial charge in [-0.3, -0.25) is 0 Å². The van der Waals surface area contributed by atoms with E-state index in [1.807, 2.05) is 24.3 Å². The maximum atomic E-state index is 9.58. The summed E-state index contributed by atoms with van der Waals surface area (Å²) >= 11 is 15.5. The third kappa shape index (κ3) is 4.49. The number of aliphatic hydroxyl groups excluding tert-OH is 1. The Balaban J connectivity index is 2.09. The highest BCUT2D eigenvalue weighted by Crippen LogP contribution is 2.25. The number of hydrogen-bond acceptors (Lipinski definition) is 1. The molecule has 0 bridgehead atoms. The zero-order valence-electron chi connectivity index (χ0n) is 10.8. The summed E-state index contributed by atoms with van der Waals surface area (Å²) in [6, 6.07) is 13.6. The van der Waals surface area contributed by atoms with Gasteiger partial charge in [-0.05, 0) is 54.2 Å². The second-order valence-corrected chi connectivity index (χ2v) is 6.58. The van der Waals surface area contributed by atoms with Gasteiger partial charge in [-0.2, -0.15) is 0 Å². The molecule has 0 saturated heterocycles. The Bertz CT molecular complexity index is 586. The molecule has 0 spiro atoms. The molecule has 1 nitrogen and oxygen atoms in total. The van der Waals surface area contributed by atoms with Crippen molar-refractivity contribution in [2.45, 2.75) is 12.8 Å². The van der Waals surface area contributed by atoms with Gasteiger partial charge < -0.3 is 5.11 Å². The summed E-state index contributed by atoms with van der Waals surface area (Å²) in [5.74, 6) is 0.142. The number of rotatable bonds is 5. The number of benzene rings is 2. The van der Waals surface area contributed by atoms with E-state index in [0.29, 0.717) is 10.0 Å². The molecule has 0 aliphatic rings. The average Bonchev–Trinajstić information content (AvgIpc) is 2.41. The number of hydrogen-bond donors (Lipinski definition) is 1. The SMILES string of the molecule is OCC(Cc1cccc(Br)c1)Cc1ccc(Cl)cc1Cl. The molecular weight excluding hydrogens is 359 g/mol. The van der Waals surface area contributed by atoms with Crippen molar-refractivity contribution in [3.8, 4) is 0 Å². The molecule has 0 heterocycles. The monoisotopic (exact) mass is 372 g/mol. The van der Waals surface area contributed by atoms with Gasteiger partial charge in [0.1, 0.15) is 0 Å². The molecule has 2 aromatic carbocycles. The van der Waals surface area contributed by atoms with E-state index in [1.54, 1.807) is 6.07 Å². The van der Waals surface area contributed by atoms with E-state index in [1.165, 1.54) is 5.56 Å². The van der Waals surface area contributed by atoms with Gasteiger partial charge in [0.15, 0.2) is 0 Å². The van der Waals surface area contributed by atoms with Crippen LogP contribution in [0.1, 0.15) is 11.1 Å². The van der Waals surface area contributed by atoms with E-state index in [2.05, 4.69) is 28.1 Å². The normalized spacial score (nSPS) is 12.4. The Kier molecular flexibility index (Phi) is 5.91.